The number of amides is 1. The van der Waals surface area contributed by atoms with Crippen LogP contribution >= 0.6 is 15.9 Å². The fourth-order valence-corrected chi connectivity index (χ4v) is 3.65. The van der Waals surface area contributed by atoms with Crippen LogP contribution in [0.1, 0.15) is 27.2 Å². The zero-order valence-electron chi connectivity index (χ0n) is 15.4. The number of carbonyl (C=O) groups is 2. The lowest BCUT2D eigenvalue weighted by atomic mass is 9.98. The highest BCUT2D eigenvalue weighted by Gasteiger charge is 2.32. The number of aryl methyl sites for hydroxylation is 2. The van der Waals surface area contributed by atoms with E-state index in [4.69, 9.17) is 4.74 Å². The van der Waals surface area contributed by atoms with E-state index in [2.05, 4.69) is 31.4 Å². The van der Waals surface area contributed by atoms with Crippen molar-refractivity contribution in [2.45, 2.75) is 26.4 Å². The number of nitrogens with one attached hydrogen (secondary N) is 2. The largest absolute Gasteiger partial charge is 0.448 e. The summed E-state index contributed by atoms with van der Waals surface area (Å²) in [6.07, 6.45) is -0.576. The molecular formula is C21H18BrN3O3. The normalized spacial score (nSPS) is 15.7. The number of aromatic amines is 1. The zero-order chi connectivity index (χ0) is 19.8. The van der Waals surface area contributed by atoms with E-state index in [1.165, 1.54) is 0 Å². The van der Waals surface area contributed by atoms with E-state index in [1.807, 2.05) is 50.2 Å². The van der Waals surface area contributed by atoms with Crippen LogP contribution in [0, 0.1) is 13.8 Å². The lowest BCUT2D eigenvalue weighted by molar-refractivity contribution is -0.125. The van der Waals surface area contributed by atoms with Gasteiger partial charge in [-0.15, -0.1) is 0 Å². The van der Waals surface area contributed by atoms with Gasteiger partial charge in [-0.2, -0.15) is 5.10 Å². The molecule has 4 rings (SSSR count). The third-order valence-electron chi connectivity index (χ3n) is 4.77. The average Bonchev–Trinajstić information content (AvgIpc) is 3.03. The van der Waals surface area contributed by atoms with Crippen LogP contribution in [0.25, 0.3) is 11.1 Å². The maximum atomic E-state index is 12.8. The van der Waals surface area contributed by atoms with Gasteiger partial charge in [0.05, 0.1) is 5.56 Å². The minimum atomic E-state index is -0.899. The number of halogens is 1. The first-order chi connectivity index (χ1) is 13.4. The number of benzene rings is 2. The topological polar surface area (TPSA) is 84.1 Å². The molecule has 2 heterocycles. The van der Waals surface area contributed by atoms with Gasteiger partial charge < -0.3 is 10.1 Å². The molecule has 0 radical (unpaired) electrons. The first kappa shape index (κ1) is 18.4. The number of hydrogen-bond acceptors (Lipinski definition) is 4. The number of anilines is 1. The summed E-state index contributed by atoms with van der Waals surface area (Å²) in [5.41, 5.74) is 5.03. The summed E-state index contributed by atoms with van der Waals surface area (Å²) in [6, 6.07) is 13.4. The molecule has 7 heteroatoms. The van der Waals surface area contributed by atoms with Crippen molar-refractivity contribution >= 4 is 33.6 Å². The second kappa shape index (κ2) is 7.24. The number of esters is 1. The summed E-state index contributed by atoms with van der Waals surface area (Å²) in [6.45, 7) is 3.91. The van der Waals surface area contributed by atoms with Crippen molar-refractivity contribution in [1.29, 1.82) is 0 Å². The molecule has 0 fully saturated rings. The van der Waals surface area contributed by atoms with Crippen LogP contribution in [0.4, 0.5) is 5.82 Å². The molecule has 1 unspecified atom stereocenters. The smallest absolute Gasteiger partial charge is 0.339 e. The van der Waals surface area contributed by atoms with Crippen molar-refractivity contribution in [2.24, 2.45) is 0 Å². The molecule has 1 atom stereocenters. The van der Waals surface area contributed by atoms with Gasteiger partial charge >= 0.3 is 5.97 Å². The number of hydrogen-bond donors (Lipinski definition) is 2. The van der Waals surface area contributed by atoms with E-state index < -0.39 is 18.0 Å². The predicted molar refractivity (Wildman–Crippen MR) is 109 cm³/mol. The van der Waals surface area contributed by atoms with Crippen LogP contribution in [0.15, 0.2) is 46.9 Å². The highest BCUT2D eigenvalue weighted by Crippen LogP contribution is 2.30. The summed E-state index contributed by atoms with van der Waals surface area (Å²) in [5, 5.41) is 9.94. The Labute approximate surface area is 170 Å². The maximum Gasteiger partial charge on any atom is 0.339 e. The van der Waals surface area contributed by atoms with E-state index in [-0.39, 0.29) is 0 Å². The molecule has 0 saturated heterocycles. The molecule has 0 spiro atoms. The minimum absolute atomic E-state index is 0.323. The van der Waals surface area contributed by atoms with E-state index in [1.54, 1.807) is 6.07 Å². The van der Waals surface area contributed by atoms with Crippen molar-refractivity contribution in [3.63, 3.8) is 0 Å². The molecule has 28 heavy (non-hydrogen) atoms. The second-order valence-electron chi connectivity index (χ2n) is 6.83. The number of carbonyl (C=O) groups excluding carboxylic acids is 2. The van der Waals surface area contributed by atoms with Crippen molar-refractivity contribution < 1.29 is 14.3 Å². The Kier molecular flexibility index (Phi) is 4.77. The molecule has 1 amide bonds. The van der Waals surface area contributed by atoms with E-state index in [9.17, 15) is 9.59 Å². The van der Waals surface area contributed by atoms with Gasteiger partial charge in [0.2, 0.25) is 0 Å². The molecule has 2 N–H and O–H groups in total. The minimum Gasteiger partial charge on any atom is -0.448 e. The Hall–Kier alpha value is -2.93. The van der Waals surface area contributed by atoms with Gasteiger partial charge in [0.1, 0.15) is 0 Å². The number of nitrogens with zero attached hydrogens (tertiary/aromatic N) is 1. The lowest BCUT2D eigenvalue weighted by Gasteiger charge is -2.23. The lowest BCUT2D eigenvalue weighted by Crippen LogP contribution is -2.38. The Morgan fingerprint density at radius 1 is 1.21 bits per heavy atom. The van der Waals surface area contributed by atoms with Gasteiger partial charge in [-0.1, -0.05) is 51.8 Å². The van der Waals surface area contributed by atoms with Crippen LogP contribution in [-0.2, 0) is 16.0 Å². The van der Waals surface area contributed by atoms with Crippen molar-refractivity contribution in [1.82, 2.24) is 10.2 Å². The molecule has 1 aliphatic rings. The Morgan fingerprint density at radius 2 is 1.96 bits per heavy atom. The van der Waals surface area contributed by atoms with Crippen molar-refractivity contribution in [3.05, 3.63) is 69.3 Å². The zero-order valence-corrected chi connectivity index (χ0v) is 17.0. The summed E-state index contributed by atoms with van der Waals surface area (Å²) in [7, 11) is 0. The molecule has 2 aromatic carbocycles. The summed E-state index contributed by atoms with van der Waals surface area (Å²) in [5.74, 6) is -0.481. The van der Waals surface area contributed by atoms with Crippen LogP contribution in [0.5, 0.6) is 0 Å². The Morgan fingerprint density at radius 3 is 2.71 bits per heavy atom. The molecule has 142 valence electrons. The van der Waals surface area contributed by atoms with E-state index in [0.717, 1.165) is 32.4 Å². The summed E-state index contributed by atoms with van der Waals surface area (Å²) in [4.78, 5) is 25.1. The number of H-pyrrole nitrogens is 1. The quantitative estimate of drug-likeness (QED) is 0.599. The predicted octanol–water partition coefficient (Wildman–Crippen LogP) is 4.18. The molecule has 0 bridgehead atoms. The molecule has 3 aromatic rings. The Bertz CT molecular complexity index is 1070. The average molecular weight is 440 g/mol. The van der Waals surface area contributed by atoms with Gasteiger partial charge in [0.25, 0.3) is 5.91 Å². The number of rotatable bonds is 3. The number of aromatic nitrogens is 2. The van der Waals surface area contributed by atoms with Crippen LogP contribution in [-0.4, -0.2) is 28.2 Å². The van der Waals surface area contributed by atoms with E-state index in [0.29, 0.717) is 17.8 Å². The van der Waals surface area contributed by atoms with E-state index >= 15 is 0 Å². The first-order valence-corrected chi connectivity index (χ1v) is 9.64. The van der Waals surface area contributed by atoms with Gasteiger partial charge in [-0.25, -0.2) is 4.79 Å². The van der Waals surface area contributed by atoms with Crippen LogP contribution in [0.3, 0.4) is 0 Å². The summed E-state index contributed by atoms with van der Waals surface area (Å²) >= 11 is 3.34. The summed E-state index contributed by atoms with van der Waals surface area (Å²) < 4.78 is 6.15. The van der Waals surface area contributed by atoms with Crippen molar-refractivity contribution in [3.8, 4) is 11.1 Å². The molecule has 6 nitrogen and oxygen atoms in total. The number of cyclic esters (lactones) is 1. The van der Waals surface area contributed by atoms with Gasteiger partial charge in [0.15, 0.2) is 11.9 Å². The number of fused-ring (bicyclic) bond motifs is 1. The van der Waals surface area contributed by atoms with Crippen LogP contribution < -0.4 is 5.32 Å². The van der Waals surface area contributed by atoms with Gasteiger partial charge in [-0.3, -0.25) is 9.89 Å². The number of ether oxygens (including phenoxy) is 1. The highest BCUT2D eigenvalue weighted by molar-refractivity contribution is 9.10. The monoisotopic (exact) mass is 439 g/mol. The van der Waals surface area contributed by atoms with Crippen molar-refractivity contribution in [2.75, 3.05) is 5.32 Å². The fourth-order valence-electron chi connectivity index (χ4n) is 3.29. The van der Waals surface area contributed by atoms with Gasteiger partial charge in [-0.05, 0) is 37.1 Å². The highest BCUT2D eigenvalue weighted by atomic mass is 79.9. The molecule has 0 saturated carbocycles. The molecule has 1 aliphatic heterocycles. The maximum absolute atomic E-state index is 12.8. The standard InChI is InChI=1S/C21H18BrN3O3/c1-11-3-5-13(6-4-11)18-12(2)24-25-19(18)23-20(26)17-9-14-7-8-15(22)10-16(14)21(27)28-17/h3-8,10,17H,9H2,1-2H3,(H2,23,24,25,26). The first-order valence-electron chi connectivity index (χ1n) is 8.84. The fraction of sp³-hybridized carbons (Fsp3) is 0.190. The molecular weight excluding hydrogens is 422 g/mol. The van der Waals surface area contributed by atoms with Gasteiger partial charge in [0, 0.05) is 22.2 Å². The molecule has 1 aromatic heterocycles. The second-order valence-corrected chi connectivity index (χ2v) is 7.74. The van der Waals surface area contributed by atoms with Crippen LogP contribution in [0.2, 0.25) is 0 Å². The third-order valence-corrected chi connectivity index (χ3v) is 5.26. The Balaban J connectivity index is 1.57. The molecule has 0 aliphatic carbocycles. The SMILES string of the molecule is Cc1ccc(-c2c(NC(=O)C3Cc4ccc(Br)cc4C(=O)O3)n[nH]c2C)cc1. The third kappa shape index (κ3) is 3.45.